The summed E-state index contributed by atoms with van der Waals surface area (Å²) in [6, 6.07) is 4.03. The fraction of sp³-hybridized carbons (Fsp3) is 0.706. The Morgan fingerprint density at radius 2 is 1.79 bits per heavy atom. The highest BCUT2D eigenvalue weighted by molar-refractivity contribution is 5.08. The van der Waals surface area contributed by atoms with E-state index in [0.29, 0.717) is 0 Å². The van der Waals surface area contributed by atoms with Crippen molar-refractivity contribution in [3.05, 3.63) is 30.1 Å². The molecule has 0 aliphatic carbocycles. The molecule has 0 aliphatic heterocycles. The van der Waals surface area contributed by atoms with E-state index in [0.717, 1.165) is 19.3 Å². The Hall–Kier alpha value is -0.890. The minimum atomic E-state index is -0.143. The number of aromatic nitrogens is 1. The Kier molecular flexibility index (Phi) is 9.34. The zero-order chi connectivity index (χ0) is 13.8. The first kappa shape index (κ1) is 16.2. The van der Waals surface area contributed by atoms with Crippen LogP contribution in [0.4, 0.5) is 0 Å². The fourth-order valence-electron chi connectivity index (χ4n) is 2.36. The highest BCUT2D eigenvalue weighted by Crippen LogP contribution is 2.12. The van der Waals surface area contributed by atoms with E-state index in [9.17, 15) is 5.11 Å². The molecular weight excluding hydrogens is 234 g/mol. The quantitative estimate of drug-likeness (QED) is 0.596. The van der Waals surface area contributed by atoms with Gasteiger partial charge in [0.05, 0.1) is 6.10 Å². The second-order valence-corrected chi connectivity index (χ2v) is 5.46. The molecule has 0 radical (unpaired) electrons. The van der Waals surface area contributed by atoms with E-state index in [1.165, 1.54) is 50.5 Å². The molecule has 0 amide bonds. The first-order chi connectivity index (χ1) is 9.33. The van der Waals surface area contributed by atoms with Crippen molar-refractivity contribution in [2.45, 2.75) is 77.2 Å². The van der Waals surface area contributed by atoms with E-state index in [2.05, 4.69) is 18.0 Å². The third-order valence-corrected chi connectivity index (χ3v) is 3.63. The molecule has 1 heterocycles. The van der Waals surface area contributed by atoms with Gasteiger partial charge in [-0.05, 0) is 30.9 Å². The number of hydrogen-bond donors (Lipinski definition) is 1. The zero-order valence-electron chi connectivity index (χ0n) is 12.4. The lowest BCUT2D eigenvalue weighted by Gasteiger charge is -2.10. The van der Waals surface area contributed by atoms with Crippen molar-refractivity contribution < 1.29 is 5.11 Å². The van der Waals surface area contributed by atoms with Crippen LogP contribution in [-0.4, -0.2) is 16.2 Å². The van der Waals surface area contributed by atoms with E-state index in [1.807, 2.05) is 12.3 Å². The molecule has 0 spiro atoms. The van der Waals surface area contributed by atoms with E-state index in [4.69, 9.17) is 0 Å². The van der Waals surface area contributed by atoms with Crippen LogP contribution in [0.15, 0.2) is 24.5 Å². The van der Waals surface area contributed by atoms with Gasteiger partial charge in [0, 0.05) is 12.4 Å². The van der Waals surface area contributed by atoms with Crippen molar-refractivity contribution in [1.82, 2.24) is 4.98 Å². The van der Waals surface area contributed by atoms with Gasteiger partial charge < -0.3 is 5.11 Å². The molecule has 1 aromatic rings. The van der Waals surface area contributed by atoms with Gasteiger partial charge in [0.25, 0.3) is 0 Å². The van der Waals surface area contributed by atoms with Gasteiger partial charge in [0.15, 0.2) is 0 Å². The van der Waals surface area contributed by atoms with Gasteiger partial charge in [-0.3, -0.25) is 4.98 Å². The minimum absolute atomic E-state index is 0.143. The molecule has 1 rings (SSSR count). The molecule has 0 bridgehead atoms. The summed E-state index contributed by atoms with van der Waals surface area (Å²) < 4.78 is 0. The monoisotopic (exact) mass is 263 g/mol. The average Bonchev–Trinajstić information content (AvgIpc) is 2.45. The van der Waals surface area contributed by atoms with Crippen molar-refractivity contribution >= 4 is 0 Å². The van der Waals surface area contributed by atoms with Gasteiger partial charge in [-0.15, -0.1) is 0 Å². The molecule has 108 valence electrons. The van der Waals surface area contributed by atoms with Gasteiger partial charge in [-0.1, -0.05) is 57.9 Å². The van der Waals surface area contributed by atoms with Crippen LogP contribution in [-0.2, 0) is 6.42 Å². The Morgan fingerprint density at radius 3 is 2.47 bits per heavy atom. The zero-order valence-corrected chi connectivity index (χ0v) is 12.4. The summed E-state index contributed by atoms with van der Waals surface area (Å²) in [5.41, 5.74) is 1.22. The molecule has 1 atom stereocenters. The fourth-order valence-corrected chi connectivity index (χ4v) is 2.36. The first-order valence-corrected chi connectivity index (χ1v) is 7.90. The topological polar surface area (TPSA) is 33.1 Å². The lowest BCUT2D eigenvalue weighted by Crippen LogP contribution is -2.07. The largest absolute Gasteiger partial charge is 0.393 e. The minimum Gasteiger partial charge on any atom is -0.393 e. The average molecular weight is 263 g/mol. The summed E-state index contributed by atoms with van der Waals surface area (Å²) in [4.78, 5) is 4.09. The van der Waals surface area contributed by atoms with Crippen molar-refractivity contribution in [3.63, 3.8) is 0 Å². The Bertz CT molecular complexity index is 299. The van der Waals surface area contributed by atoms with Crippen LogP contribution in [0.5, 0.6) is 0 Å². The standard InChI is InChI=1S/C17H29NO/c1-2-3-4-5-6-7-8-11-17(19)13-12-16-10-9-14-18-15-16/h9-10,14-15,17,19H,2-8,11-13H2,1H3. The number of aryl methyl sites for hydroxylation is 1. The number of aliphatic hydroxyl groups is 1. The summed E-state index contributed by atoms with van der Waals surface area (Å²) in [5, 5.41) is 9.93. The summed E-state index contributed by atoms with van der Waals surface area (Å²) in [5.74, 6) is 0. The summed E-state index contributed by atoms with van der Waals surface area (Å²) in [6.07, 6.45) is 15.5. The van der Waals surface area contributed by atoms with E-state index < -0.39 is 0 Å². The molecule has 2 heteroatoms. The maximum atomic E-state index is 9.93. The van der Waals surface area contributed by atoms with Crippen LogP contribution in [0.25, 0.3) is 0 Å². The van der Waals surface area contributed by atoms with Crippen LogP contribution >= 0.6 is 0 Å². The van der Waals surface area contributed by atoms with Crippen molar-refractivity contribution in [2.24, 2.45) is 0 Å². The molecule has 0 saturated heterocycles. The highest BCUT2D eigenvalue weighted by Gasteiger charge is 2.04. The molecular formula is C17H29NO. The van der Waals surface area contributed by atoms with Crippen LogP contribution in [0.2, 0.25) is 0 Å². The van der Waals surface area contributed by atoms with Gasteiger partial charge >= 0.3 is 0 Å². The molecule has 1 unspecified atom stereocenters. The molecule has 19 heavy (non-hydrogen) atoms. The first-order valence-electron chi connectivity index (χ1n) is 7.90. The summed E-state index contributed by atoms with van der Waals surface area (Å²) in [7, 11) is 0. The molecule has 2 nitrogen and oxygen atoms in total. The summed E-state index contributed by atoms with van der Waals surface area (Å²) in [6.45, 7) is 2.25. The van der Waals surface area contributed by atoms with Gasteiger partial charge in [0.1, 0.15) is 0 Å². The molecule has 1 aromatic heterocycles. The molecule has 0 fully saturated rings. The number of rotatable bonds is 11. The van der Waals surface area contributed by atoms with Gasteiger partial charge in [0.2, 0.25) is 0 Å². The maximum absolute atomic E-state index is 9.93. The lowest BCUT2D eigenvalue weighted by atomic mass is 10.0. The van der Waals surface area contributed by atoms with Crippen LogP contribution in [0, 0.1) is 0 Å². The van der Waals surface area contributed by atoms with Crippen molar-refractivity contribution in [3.8, 4) is 0 Å². The third-order valence-electron chi connectivity index (χ3n) is 3.63. The normalized spacial score (nSPS) is 12.5. The molecule has 0 aromatic carbocycles. The Labute approximate surface area is 118 Å². The maximum Gasteiger partial charge on any atom is 0.0543 e. The molecule has 0 saturated carbocycles. The SMILES string of the molecule is CCCCCCCCCC(O)CCc1cccnc1. The predicted octanol–water partition coefficient (Wildman–Crippen LogP) is 4.52. The molecule has 0 aliphatic rings. The Balaban J connectivity index is 1.95. The third kappa shape index (κ3) is 8.77. The van der Waals surface area contributed by atoms with E-state index in [-0.39, 0.29) is 6.10 Å². The smallest absolute Gasteiger partial charge is 0.0543 e. The number of hydrogen-bond acceptors (Lipinski definition) is 2. The number of unbranched alkanes of at least 4 members (excludes halogenated alkanes) is 6. The lowest BCUT2D eigenvalue weighted by molar-refractivity contribution is 0.151. The van der Waals surface area contributed by atoms with Crippen LogP contribution in [0.1, 0.15) is 70.3 Å². The Morgan fingerprint density at radius 1 is 1.05 bits per heavy atom. The van der Waals surface area contributed by atoms with E-state index >= 15 is 0 Å². The van der Waals surface area contributed by atoms with Crippen molar-refractivity contribution in [2.75, 3.05) is 0 Å². The number of pyridine rings is 1. The second-order valence-electron chi connectivity index (χ2n) is 5.46. The number of nitrogens with zero attached hydrogens (tertiary/aromatic N) is 1. The predicted molar refractivity (Wildman–Crippen MR) is 81.2 cm³/mol. The number of aliphatic hydroxyl groups excluding tert-OH is 1. The van der Waals surface area contributed by atoms with E-state index in [1.54, 1.807) is 6.20 Å². The molecule has 1 N–H and O–H groups in total. The second kappa shape index (κ2) is 11.0. The van der Waals surface area contributed by atoms with Crippen LogP contribution < -0.4 is 0 Å². The van der Waals surface area contributed by atoms with Gasteiger partial charge in [-0.2, -0.15) is 0 Å². The van der Waals surface area contributed by atoms with Crippen molar-refractivity contribution in [1.29, 1.82) is 0 Å². The summed E-state index contributed by atoms with van der Waals surface area (Å²) >= 11 is 0. The van der Waals surface area contributed by atoms with Gasteiger partial charge in [-0.25, -0.2) is 0 Å². The highest BCUT2D eigenvalue weighted by atomic mass is 16.3. The van der Waals surface area contributed by atoms with Crippen LogP contribution in [0.3, 0.4) is 0 Å².